The number of rotatable bonds is 8. The fraction of sp³-hybridized carbons (Fsp3) is 1.00. The molecule has 1 aliphatic rings. The lowest BCUT2D eigenvalue weighted by atomic mass is 9.80. The molecule has 0 unspecified atom stereocenters. The second-order valence-corrected chi connectivity index (χ2v) is 5.29. The van der Waals surface area contributed by atoms with Crippen molar-refractivity contribution in [2.45, 2.75) is 90.1 Å². The van der Waals surface area contributed by atoms with Crippen LogP contribution in [0.5, 0.6) is 0 Å². The summed E-state index contributed by atoms with van der Waals surface area (Å²) in [5, 5.41) is 3.90. The SMILES string of the molecule is CCCC1(CCC)NC1(CCC)CCC. The Morgan fingerprint density at radius 3 is 1.07 bits per heavy atom. The van der Waals surface area contributed by atoms with Crippen LogP contribution in [0, 0.1) is 0 Å². The Morgan fingerprint density at radius 2 is 0.867 bits per heavy atom. The van der Waals surface area contributed by atoms with E-state index in [1.165, 1.54) is 51.4 Å². The van der Waals surface area contributed by atoms with Gasteiger partial charge in [-0.3, -0.25) is 0 Å². The second-order valence-electron chi connectivity index (χ2n) is 5.29. The normalized spacial score (nSPS) is 21.6. The third-order valence-corrected chi connectivity index (χ3v) is 4.04. The van der Waals surface area contributed by atoms with Crippen molar-refractivity contribution in [1.82, 2.24) is 5.32 Å². The van der Waals surface area contributed by atoms with E-state index in [1.54, 1.807) is 0 Å². The molecule has 0 aromatic heterocycles. The van der Waals surface area contributed by atoms with Gasteiger partial charge in [0.2, 0.25) is 0 Å². The zero-order valence-corrected chi connectivity index (χ0v) is 11.2. The molecular weight excluding hydrogens is 182 g/mol. The van der Waals surface area contributed by atoms with E-state index in [1.807, 2.05) is 0 Å². The van der Waals surface area contributed by atoms with Gasteiger partial charge in [0.25, 0.3) is 0 Å². The first-order valence-corrected chi connectivity index (χ1v) is 6.99. The molecule has 1 heterocycles. The molecule has 0 aromatic rings. The number of nitrogens with one attached hydrogen (secondary N) is 1. The van der Waals surface area contributed by atoms with E-state index in [0.717, 1.165) is 0 Å². The Morgan fingerprint density at radius 1 is 0.600 bits per heavy atom. The van der Waals surface area contributed by atoms with Gasteiger partial charge in [-0.15, -0.1) is 0 Å². The molecule has 90 valence electrons. The molecule has 15 heavy (non-hydrogen) atoms. The molecule has 0 aromatic carbocycles. The molecule has 1 N–H and O–H groups in total. The molecule has 0 saturated carbocycles. The molecule has 1 aliphatic heterocycles. The van der Waals surface area contributed by atoms with E-state index in [0.29, 0.717) is 11.1 Å². The van der Waals surface area contributed by atoms with Gasteiger partial charge in [0.15, 0.2) is 0 Å². The topological polar surface area (TPSA) is 21.9 Å². The van der Waals surface area contributed by atoms with Gasteiger partial charge in [-0.2, -0.15) is 0 Å². The lowest BCUT2D eigenvalue weighted by Crippen LogP contribution is -2.26. The first kappa shape index (κ1) is 13.0. The average Bonchev–Trinajstić information content (AvgIpc) is 2.75. The Balaban J connectivity index is 2.66. The van der Waals surface area contributed by atoms with Gasteiger partial charge in [-0.05, 0) is 25.7 Å². The summed E-state index contributed by atoms with van der Waals surface area (Å²) >= 11 is 0. The summed E-state index contributed by atoms with van der Waals surface area (Å²) in [5.74, 6) is 0. The smallest absolute Gasteiger partial charge is 0.0369 e. The van der Waals surface area contributed by atoms with Gasteiger partial charge in [0.1, 0.15) is 0 Å². The maximum atomic E-state index is 3.90. The summed E-state index contributed by atoms with van der Waals surface area (Å²) < 4.78 is 0. The minimum Gasteiger partial charge on any atom is -0.302 e. The fourth-order valence-electron chi connectivity index (χ4n) is 3.59. The van der Waals surface area contributed by atoms with Gasteiger partial charge in [0, 0.05) is 11.1 Å². The standard InChI is InChI=1S/C14H29N/c1-5-9-13(10-6-2)14(15-13,11-7-3)12-8-4/h15H,5-12H2,1-4H3. The monoisotopic (exact) mass is 211 g/mol. The van der Waals surface area contributed by atoms with Gasteiger partial charge in [-0.1, -0.05) is 53.4 Å². The summed E-state index contributed by atoms with van der Waals surface area (Å²) in [6.07, 6.45) is 10.8. The van der Waals surface area contributed by atoms with Crippen molar-refractivity contribution in [3.05, 3.63) is 0 Å². The Bertz CT molecular complexity index is 154. The van der Waals surface area contributed by atoms with Crippen molar-refractivity contribution >= 4 is 0 Å². The number of hydrogen-bond donors (Lipinski definition) is 1. The first-order chi connectivity index (χ1) is 7.20. The average molecular weight is 211 g/mol. The van der Waals surface area contributed by atoms with Crippen LogP contribution in [0.15, 0.2) is 0 Å². The van der Waals surface area contributed by atoms with Crippen molar-refractivity contribution in [1.29, 1.82) is 0 Å². The fourth-order valence-corrected chi connectivity index (χ4v) is 3.59. The van der Waals surface area contributed by atoms with Crippen LogP contribution in [0.4, 0.5) is 0 Å². The van der Waals surface area contributed by atoms with E-state index in [4.69, 9.17) is 0 Å². The molecule has 1 fully saturated rings. The van der Waals surface area contributed by atoms with Gasteiger partial charge >= 0.3 is 0 Å². The quantitative estimate of drug-likeness (QED) is 0.595. The number of hydrogen-bond acceptors (Lipinski definition) is 1. The van der Waals surface area contributed by atoms with Crippen LogP contribution in [-0.4, -0.2) is 11.1 Å². The summed E-state index contributed by atoms with van der Waals surface area (Å²) in [6, 6.07) is 0. The molecule has 0 spiro atoms. The molecule has 0 bridgehead atoms. The minimum absolute atomic E-state index is 0.516. The highest BCUT2D eigenvalue weighted by Gasteiger charge is 2.63. The Kier molecular flexibility index (Phi) is 4.64. The van der Waals surface area contributed by atoms with Crippen LogP contribution < -0.4 is 5.32 Å². The molecule has 0 amide bonds. The molecule has 1 nitrogen and oxygen atoms in total. The molecule has 1 rings (SSSR count). The predicted molar refractivity (Wildman–Crippen MR) is 68.2 cm³/mol. The molecule has 0 radical (unpaired) electrons. The van der Waals surface area contributed by atoms with Crippen LogP contribution in [0.3, 0.4) is 0 Å². The van der Waals surface area contributed by atoms with Gasteiger partial charge < -0.3 is 5.32 Å². The van der Waals surface area contributed by atoms with Crippen LogP contribution in [0.1, 0.15) is 79.1 Å². The summed E-state index contributed by atoms with van der Waals surface area (Å²) in [6.45, 7) is 9.28. The zero-order valence-electron chi connectivity index (χ0n) is 11.2. The highest BCUT2D eigenvalue weighted by molar-refractivity contribution is 5.25. The highest BCUT2D eigenvalue weighted by atomic mass is 15.3. The highest BCUT2D eigenvalue weighted by Crippen LogP contribution is 2.51. The van der Waals surface area contributed by atoms with Crippen LogP contribution >= 0.6 is 0 Å². The van der Waals surface area contributed by atoms with E-state index < -0.39 is 0 Å². The summed E-state index contributed by atoms with van der Waals surface area (Å²) in [7, 11) is 0. The Hall–Kier alpha value is -0.0400. The third kappa shape index (κ3) is 2.38. The van der Waals surface area contributed by atoms with Crippen molar-refractivity contribution in [2.24, 2.45) is 0 Å². The van der Waals surface area contributed by atoms with E-state index in [-0.39, 0.29) is 0 Å². The lowest BCUT2D eigenvalue weighted by molar-refractivity contribution is 0.396. The Labute approximate surface area is 96.0 Å². The largest absolute Gasteiger partial charge is 0.302 e. The van der Waals surface area contributed by atoms with Crippen molar-refractivity contribution in [3.8, 4) is 0 Å². The minimum atomic E-state index is 0.516. The van der Waals surface area contributed by atoms with Crippen molar-refractivity contribution in [3.63, 3.8) is 0 Å². The van der Waals surface area contributed by atoms with Gasteiger partial charge in [0.05, 0.1) is 0 Å². The molecular formula is C14H29N. The maximum absolute atomic E-state index is 3.90. The van der Waals surface area contributed by atoms with Crippen LogP contribution in [-0.2, 0) is 0 Å². The van der Waals surface area contributed by atoms with E-state index >= 15 is 0 Å². The maximum Gasteiger partial charge on any atom is 0.0369 e. The predicted octanol–water partition coefficient (Wildman–Crippen LogP) is 4.27. The molecule has 1 heteroatoms. The lowest BCUT2D eigenvalue weighted by Gasteiger charge is -2.22. The van der Waals surface area contributed by atoms with Crippen molar-refractivity contribution < 1.29 is 0 Å². The van der Waals surface area contributed by atoms with Crippen LogP contribution in [0.25, 0.3) is 0 Å². The second kappa shape index (κ2) is 5.34. The molecule has 0 aliphatic carbocycles. The van der Waals surface area contributed by atoms with Gasteiger partial charge in [-0.25, -0.2) is 0 Å². The third-order valence-electron chi connectivity index (χ3n) is 4.04. The van der Waals surface area contributed by atoms with Crippen molar-refractivity contribution in [2.75, 3.05) is 0 Å². The van der Waals surface area contributed by atoms with Crippen LogP contribution in [0.2, 0.25) is 0 Å². The first-order valence-electron chi connectivity index (χ1n) is 6.99. The van der Waals surface area contributed by atoms with E-state index in [9.17, 15) is 0 Å². The zero-order chi connectivity index (χ0) is 11.4. The molecule has 1 saturated heterocycles. The van der Waals surface area contributed by atoms with E-state index in [2.05, 4.69) is 33.0 Å². The summed E-state index contributed by atoms with van der Waals surface area (Å²) in [4.78, 5) is 0. The summed E-state index contributed by atoms with van der Waals surface area (Å²) in [5.41, 5.74) is 1.03. The molecule has 0 atom stereocenters.